The number of amides is 1. The maximum atomic E-state index is 11.9. The van der Waals surface area contributed by atoms with Crippen molar-refractivity contribution in [3.63, 3.8) is 0 Å². The van der Waals surface area contributed by atoms with Crippen molar-refractivity contribution in [1.82, 2.24) is 35.3 Å². The van der Waals surface area contributed by atoms with Gasteiger partial charge in [0, 0.05) is 12.2 Å². The monoisotopic (exact) mass is 337 g/mol. The highest BCUT2D eigenvalue weighted by Crippen LogP contribution is 2.12. The zero-order valence-electron chi connectivity index (χ0n) is 14.0. The second-order valence-electron chi connectivity index (χ2n) is 5.63. The molecule has 1 amide bonds. The van der Waals surface area contributed by atoms with Gasteiger partial charge in [-0.15, -0.1) is 16.9 Å². The first kappa shape index (κ1) is 17.5. The van der Waals surface area contributed by atoms with Crippen LogP contribution >= 0.6 is 11.8 Å². The van der Waals surface area contributed by atoms with Gasteiger partial charge >= 0.3 is 0 Å². The number of nitrogens with one attached hydrogen (secondary N) is 1. The van der Waals surface area contributed by atoms with Crippen molar-refractivity contribution < 1.29 is 4.79 Å². The third kappa shape index (κ3) is 5.05. The minimum atomic E-state index is 0.0140. The van der Waals surface area contributed by atoms with E-state index in [1.165, 1.54) is 11.8 Å². The maximum absolute atomic E-state index is 11.9. The number of hydrogen-bond donors (Lipinski definition) is 1. The molecule has 9 heteroatoms. The molecule has 0 saturated heterocycles. The molecular weight excluding hydrogens is 314 g/mol. The number of aromatic nitrogens is 6. The molecule has 126 valence electrons. The lowest BCUT2D eigenvalue weighted by molar-refractivity contribution is -0.118. The van der Waals surface area contributed by atoms with Crippen molar-refractivity contribution in [2.24, 2.45) is 0 Å². The number of rotatable bonds is 8. The van der Waals surface area contributed by atoms with Crippen LogP contribution in [0.25, 0.3) is 0 Å². The molecule has 0 aliphatic heterocycles. The summed E-state index contributed by atoms with van der Waals surface area (Å²) in [5.74, 6) is 1.82. The quantitative estimate of drug-likeness (QED) is 0.776. The Bertz CT molecular complexity index is 649. The molecule has 2 aromatic heterocycles. The summed E-state index contributed by atoms with van der Waals surface area (Å²) < 4.78 is 3.67. The molecular formula is C14H23N7OS. The van der Waals surface area contributed by atoms with Crippen molar-refractivity contribution in [1.29, 1.82) is 0 Å². The van der Waals surface area contributed by atoms with E-state index in [0.29, 0.717) is 24.6 Å². The smallest absolute Gasteiger partial charge is 0.230 e. The van der Waals surface area contributed by atoms with Crippen molar-refractivity contribution in [3.05, 3.63) is 23.3 Å². The van der Waals surface area contributed by atoms with E-state index in [1.807, 2.05) is 38.4 Å². The van der Waals surface area contributed by atoms with Crippen LogP contribution in [0.2, 0.25) is 0 Å². The van der Waals surface area contributed by atoms with Crippen LogP contribution in [0, 0.1) is 13.8 Å². The molecule has 23 heavy (non-hydrogen) atoms. The molecule has 1 N–H and O–H groups in total. The summed E-state index contributed by atoms with van der Waals surface area (Å²) >= 11 is 1.51. The molecule has 0 atom stereocenters. The molecule has 2 heterocycles. The summed E-state index contributed by atoms with van der Waals surface area (Å²) in [6, 6.07) is 2.24. The molecule has 0 radical (unpaired) electrons. The van der Waals surface area contributed by atoms with Gasteiger partial charge < -0.3 is 5.32 Å². The predicted octanol–water partition coefficient (Wildman–Crippen LogP) is 1.12. The highest BCUT2D eigenvalue weighted by molar-refractivity contribution is 7.99. The number of nitrogens with zero attached hydrogens (tertiary/aromatic N) is 6. The molecule has 2 rings (SSSR count). The molecule has 0 aliphatic carbocycles. The van der Waals surface area contributed by atoms with E-state index >= 15 is 0 Å². The number of carbonyl (C=O) groups excluding carboxylic acids is 1. The highest BCUT2D eigenvalue weighted by atomic mass is 32.2. The Kier molecular flexibility index (Phi) is 6.14. The summed E-state index contributed by atoms with van der Waals surface area (Å²) in [5, 5.41) is 18.9. The van der Waals surface area contributed by atoms with Crippen LogP contribution in [0.15, 0.2) is 6.07 Å². The number of hydrogen-bond acceptors (Lipinski definition) is 6. The van der Waals surface area contributed by atoms with Gasteiger partial charge in [0.25, 0.3) is 0 Å². The first-order valence-electron chi connectivity index (χ1n) is 7.59. The van der Waals surface area contributed by atoms with Crippen LogP contribution in [0.4, 0.5) is 0 Å². The molecule has 0 aliphatic rings. The minimum absolute atomic E-state index is 0.0140. The first-order chi connectivity index (χ1) is 11.0. The molecule has 0 unspecified atom stereocenters. The fourth-order valence-corrected chi connectivity index (χ4v) is 2.96. The largest absolute Gasteiger partial charge is 0.354 e. The van der Waals surface area contributed by atoms with Gasteiger partial charge in [-0.1, -0.05) is 0 Å². The van der Waals surface area contributed by atoms with Crippen LogP contribution < -0.4 is 5.32 Å². The van der Waals surface area contributed by atoms with Crippen LogP contribution in [-0.2, 0) is 17.1 Å². The second-order valence-corrected chi connectivity index (χ2v) is 6.61. The van der Waals surface area contributed by atoms with Crippen LogP contribution in [-0.4, -0.2) is 48.2 Å². The van der Waals surface area contributed by atoms with Crippen molar-refractivity contribution in [3.8, 4) is 0 Å². The predicted molar refractivity (Wildman–Crippen MR) is 89.1 cm³/mol. The van der Waals surface area contributed by atoms with Gasteiger partial charge in [0.05, 0.1) is 29.8 Å². The Morgan fingerprint density at radius 1 is 1.39 bits per heavy atom. The Morgan fingerprint density at radius 3 is 2.83 bits per heavy atom. The Balaban J connectivity index is 1.67. The van der Waals surface area contributed by atoms with Crippen molar-refractivity contribution in [2.45, 2.75) is 46.0 Å². The van der Waals surface area contributed by atoms with E-state index in [4.69, 9.17) is 0 Å². The second kappa shape index (κ2) is 8.09. The molecule has 0 aromatic carbocycles. The molecule has 0 fully saturated rings. The van der Waals surface area contributed by atoms with E-state index in [-0.39, 0.29) is 11.9 Å². The number of tetrazole rings is 1. The standard InChI is InChI=1S/C14H23N7OS/c1-10(2)21-13(16-18-19-21)8-23-9-14(22)15-5-6-20-12(4)7-11(3)17-20/h7,10H,5-6,8-9H2,1-4H3,(H,15,22). The minimum Gasteiger partial charge on any atom is -0.354 e. The zero-order chi connectivity index (χ0) is 16.8. The number of thioether (sulfide) groups is 1. The Morgan fingerprint density at radius 2 is 2.17 bits per heavy atom. The SMILES string of the molecule is Cc1cc(C)n(CCNC(=O)CSCc2nnnn2C(C)C)n1. The van der Waals surface area contributed by atoms with E-state index in [1.54, 1.807) is 4.68 Å². The maximum Gasteiger partial charge on any atom is 0.230 e. The third-order valence-electron chi connectivity index (χ3n) is 3.26. The van der Waals surface area contributed by atoms with E-state index in [2.05, 4.69) is 25.9 Å². The summed E-state index contributed by atoms with van der Waals surface area (Å²) in [5.41, 5.74) is 2.10. The summed E-state index contributed by atoms with van der Waals surface area (Å²) in [6.07, 6.45) is 0. The van der Waals surface area contributed by atoms with E-state index in [0.717, 1.165) is 17.2 Å². The topological polar surface area (TPSA) is 90.5 Å². The van der Waals surface area contributed by atoms with E-state index in [9.17, 15) is 4.79 Å². The molecule has 0 saturated carbocycles. The van der Waals surface area contributed by atoms with Gasteiger partial charge in [0.15, 0.2) is 5.82 Å². The van der Waals surface area contributed by atoms with Gasteiger partial charge in [0.1, 0.15) is 0 Å². The Hall–Kier alpha value is -1.90. The third-order valence-corrected chi connectivity index (χ3v) is 4.19. The lowest BCUT2D eigenvalue weighted by atomic mass is 10.4. The summed E-state index contributed by atoms with van der Waals surface area (Å²) in [4.78, 5) is 11.9. The number of aryl methyl sites for hydroxylation is 2. The zero-order valence-corrected chi connectivity index (χ0v) is 14.8. The van der Waals surface area contributed by atoms with Crippen LogP contribution in [0.5, 0.6) is 0 Å². The van der Waals surface area contributed by atoms with Crippen LogP contribution in [0.3, 0.4) is 0 Å². The summed E-state index contributed by atoms with van der Waals surface area (Å²) in [7, 11) is 0. The van der Waals surface area contributed by atoms with Gasteiger partial charge in [-0.25, -0.2) is 4.68 Å². The molecule has 0 bridgehead atoms. The van der Waals surface area contributed by atoms with Crippen LogP contribution in [0.1, 0.15) is 37.1 Å². The van der Waals surface area contributed by atoms with Crippen molar-refractivity contribution >= 4 is 17.7 Å². The molecule has 0 spiro atoms. The van der Waals surface area contributed by atoms with Gasteiger partial charge in [-0.2, -0.15) is 5.10 Å². The first-order valence-corrected chi connectivity index (χ1v) is 8.75. The fourth-order valence-electron chi connectivity index (χ4n) is 2.20. The van der Waals surface area contributed by atoms with E-state index < -0.39 is 0 Å². The lowest BCUT2D eigenvalue weighted by Gasteiger charge is -2.08. The highest BCUT2D eigenvalue weighted by Gasteiger charge is 2.10. The average Bonchev–Trinajstić information content (AvgIpc) is 3.06. The van der Waals surface area contributed by atoms with Crippen molar-refractivity contribution in [2.75, 3.05) is 12.3 Å². The van der Waals surface area contributed by atoms with Gasteiger partial charge in [-0.3, -0.25) is 9.48 Å². The van der Waals surface area contributed by atoms with Gasteiger partial charge in [0.2, 0.25) is 5.91 Å². The lowest BCUT2D eigenvalue weighted by Crippen LogP contribution is -2.29. The summed E-state index contributed by atoms with van der Waals surface area (Å²) in [6.45, 7) is 9.28. The number of carbonyl (C=O) groups is 1. The Labute approximate surface area is 140 Å². The normalized spacial score (nSPS) is 11.2. The average molecular weight is 337 g/mol. The van der Waals surface area contributed by atoms with Gasteiger partial charge in [-0.05, 0) is 44.2 Å². The fraction of sp³-hybridized carbons (Fsp3) is 0.643. The molecule has 2 aromatic rings. The molecule has 8 nitrogen and oxygen atoms in total.